The number of hydrogen-bond acceptors (Lipinski definition) is 4. The third kappa shape index (κ3) is 5.52. The third-order valence-electron chi connectivity index (χ3n) is 10.8. The Morgan fingerprint density at radius 1 is 0.431 bits per heavy atom. The molecule has 0 aliphatic heterocycles. The van der Waals surface area contributed by atoms with Gasteiger partial charge in [-0.3, -0.25) is 0 Å². The average Bonchev–Trinajstić information content (AvgIpc) is 3.56. The minimum atomic E-state index is 0.0510. The Bertz CT molecular complexity index is 2520. The van der Waals surface area contributed by atoms with Gasteiger partial charge in [-0.05, 0) is 93.5 Å². The maximum absolute atomic E-state index is 6.31. The summed E-state index contributed by atoms with van der Waals surface area (Å²) in [7, 11) is 0. The molecule has 0 radical (unpaired) electrons. The summed E-state index contributed by atoms with van der Waals surface area (Å²) >= 11 is 0. The SMILES string of the molecule is CC1(C)CCC(C)(C)c2cc(-c3nc(-c4cc(-c5ccccc5)cc(-c5ccccc5)c4)nc(-c4cccc5oc6ccccc6c45)n3)ccc21. The van der Waals surface area contributed by atoms with Crippen LogP contribution < -0.4 is 0 Å². The van der Waals surface area contributed by atoms with Crippen LogP contribution in [0.4, 0.5) is 0 Å². The molecular formula is C47H39N3O. The highest BCUT2D eigenvalue weighted by molar-refractivity contribution is 6.11. The lowest BCUT2D eigenvalue weighted by Gasteiger charge is -2.42. The number of benzene rings is 6. The van der Waals surface area contributed by atoms with Crippen molar-refractivity contribution in [3.8, 4) is 56.4 Å². The summed E-state index contributed by atoms with van der Waals surface area (Å²) in [6.07, 6.45) is 2.30. The van der Waals surface area contributed by atoms with E-state index in [0.717, 1.165) is 73.7 Å². The van der Waals surface area contributed by atoms with Crippen LogP contribution in [0.1, 0.15) is 51.7 Å². The van der Waals surface area contributed by atoms with E-state index in [2.05, 4.69) is 143 Å². The van der Waals surface area contributed by atoms with Gasteiger partial charge in [0.25, 0.3) is 0 Å². The Morgan fingerprint density at radius 2 is 0.980 bits per heavy atom. The van der Waals surface area contributed by atoms with E-state index in [4.69, 9.17) is 19.4 Å². The van der Waals surface area contributed by atoms with Gasteiger partial charge in [-0.15, -0.1) is 0 Å². The fraction of sp³-hybridized carbons (Fsp3) is 0.170. The Kier molecular flexibility index (Phi) is 7.25. The van der Waals surface area contributed by atoms with Crippen molar-refractivity contribution in [3.05, 3.63) is 151 Å². The van der Waals surface area contributed by atoms with Crippen molar-refractivity contribution < 1.29 is 4.42 Å². The maximum Gasteiger partial charge on any atom is 0.164 e. The zero-order chi connectivity index (χ0) is 34.7. The second-order valence-electron chi connectivity index (χ2n) is 15.1. The summed E-state index contributed by atoms with van der Waals surface area (Å²) in [5.41, 5.74) is 12.0. The van der Waals surface area contributed by atoms with Gasteiger partial charge in [0.1, 0.15) is 11.2 Å². The van der Waals surface area contributed by atoms with Gasteiger partial charge in [0, 0.05) is 27.5 Å². The highest BCUT2D eigenvalue weighted by Gasteiger charge is 2.37. The number of furan rings is 1. The quantitative estimate of drug-likeness (QED) is 0.184. The van der Waals surface area contributed by atoms with Gasteiger partial charge in [0.15, 0.2) is 17.5 Å². The van der Waals surface area contributed by atoms with Crippen LogP contribution in [0.2, 0.25) is 0 Å². The molecule has 0 atom stereocenters. The molecular weight excluding hydrogens is 623 g/mol. The van der Waals surface area contributed by atoms with Crippen LogP contribution in [0.15, 0.2) is 144 Å². The lowest BCUT2D eigenvalue weighted by atomic mass is 9.63. The molecule has 2 heterocycles. The van der Waals surface area contributed by atoms with E-state index in [0.29, 0.717) is 17.5 Å². The lowest BCUT2D eigenvalue weighted by molar-refractivity contribution is 0.332. The molecule has 6 aromatic carbocycles. The molecule has 1 aliphatic carbocycles. The van der Waals surface area contributed by atoms with Gasteiger partial charge in [-0.2, -0.15) is 0 Å². The zero-order valence-corrected chi connectivity index (χ0v) is 29.4. The van der Waals surface area contributed by atoms with E-state index in [9.17, 15) is 0 Å². The van der Waals surface area contributed by atoms with E-state index in [1.165, 1.54) is 11.1 Å². The molecule has 0 amide bonds. The average molecular weight is 662 g/mol. The molecule has 0 saturated carbocycles. The minimum Gasteiger partial charge on any atom is -0.456 e. The van der Waals surface area contributed by atoms with Gasteiger partial charge in [0.2, 0.25) is 0 Å². The number of hydrogen-bond donors (Lipinski definition) is 0. The number of fused-ring (bicyclic) bond motifs is 4. The highest BCUT2D eigenvalue weighted by Crippen LogP contribution is 2.47. The molecule has 9 rings (SSSR count). The van der Waals surface area contributed by atoms with Crippen molar-refractivity contribution >= 4 is 21.9 Å². The fourth-order valence-electron chi connectivity index (χ4n) is 7.79. The summed E-state index contributed by atoms with van der Waals surface area (Å²) in [5.74, 6) is 1.91. The van der Waals surface area contributed by atoms with Gasteiger partial charge < -0.3 is 4.42 Å². The molecule has 2 aromatic heterocycles. The van der Waals surface area contributed by atoms with Gasteiger partial charge in [-0.25, -0.2) is 15.0 Å². The molecule has 0 unspecified atom stereocenters. The van der Waals surface area contributed by atoms with E-state index >= 15 is 0 Å². The molecule has 1 aliphatic rings. The van der Waals surface area contributed by atoms with Crippen molar-refractivity contribution in [2.24, 2.45) is 0 Å². The monoisotopic (exact) mass is 661 g/mol. The molecule has 0 bridgehead atoms. The summed E-state index contributed by atoms with van der Waals surface area (Å²) in [5, 5.41) is 2.05. The number of para-hydroxylation sites is 1. The highest BCUT2D eigenvalue weighted by atomic mass is 16.3. The van der Waals surface area contributed by atoms with Crippen LogP contribution in [0, 0.1) is 0 Å². The topological polar surface area (TPSA) is 51.8 Å². The minimum absolute atomic E-state index is 0.0510. The molecule has 8 aromatic rings. The molecule has 0 fully saturated rings. The first-order chi connectivity index (χ1) is 24.7. The molecule has 0 N–H and O–H groups in total. The number of rotatable bonds is 5. The molecule has 4 heteroatoms. The first-order valence-electron chi connectivity index (χ1n) is 17.8. The number of nitrogens with zero attached hydrogens (tertiary/aromatic N) is 3. The van der Waals surface area contributed by atoms with E-state index < -0.39 is 0 Å². The van der Waals surface area contributed by atoms with Crippen molar-refractivity contribution in [1.29, 1.82) is 0 Å². The summed E-state index contributed by atoms with van der Waals surface area (Å²) in [6, 6.07) is 48.9. The van der Waals surface area contributed by atoms with Crippen LogP contribution in [0.25, 0.3) is 78.4 Å². The predicted molar refractivity (Wildman–Crippen MR) is 210 cm³/mol. The largest absolute Gasteiger partial charge is 0.456 e. The third-order valence-corrected chi connectivity index (χ3v) is 10.8. The van der Waals surface area contributed by atoms with E-state index in [1.807, 2.05) is 24.3 Å². The summed E-state index contributed by atoms with van der Waals surface area (Å²) in [4.78, 5) is 15.8. The molecule has 248 valence electrons. The van der Waals surface area contributed by atoms with Gasteiger partial charge >= 0.3 is 0 Å². The molecule has 0 spiro atoms. The van der Waals surface area contributed by atoms with Crippen LogP contribution in [-0.4, -0.2) is 15.0 Å². The second kappa shape index (κ2) is 11.9. The zero-order valence-electron chi connectivity index (χ0n) is 29.4. The second-order valence-corrected chi connectivity index (χ2v) is 15.1. The van der Waals surface area contributed by atoms with Crippen LogP contribution in [0.5, 0.6) is 0 Å². The smallest absolute Gasteiger partial charge is 0.164 e. The first kappa shape index (κ1) is 31.1. The Labute approximate surface area is 298 Å². The number of aromatic nitrogens is 3. The van der Waals surface area contributed by atoms with Crippen LogP contribution in [0.3, 0.4) is 0 Å². The Balaban J connectivity index is 1.31. The molecule has 4 nitrogen and oxygen atoms in total. The Morgan fingerprint density at radius 3 is 1.67 bits per heavy atom. The van der Waals surface area contributed by atoms with Crippen molar-refractivity contribution in [1.82, 2.24) is 15.0 Å². The van der Waals surface area contributed by atoms with Crippen molar-refractivity contribution in [2.45, 2.75) is 51.4 Å². The van der Waals surface area contributed by atoms with Crippen LogP contribution >= 0.6 is 0 Å². The predicted octanol–water partition coefficient (Wildman–Crippen LogP) is 12.5. The maximum atomic E-state index is 6.31. The fourth-order valence-corrected chi connectivity index (χ4v) is 7.79. The van der Waals surface area contributed by atoms with Crippen molar-refractivity contribution in [2.75, 3.05) is 0 Å². The normalized spacial score (nSPS) is 14.8. The van der Waals surface area contributed by atoms with Gasteiger partial charge in [0.05, 0.1) is 0 Å². The van der Waals surface area contributed by atoms with E-state index in [1.54, 1.807) is 0 Å². The Hall–Kier alpha value is -5.87. The van der Waals surface area contributed by atoms with Crippen LogP contribution in [-0.2, 0) is 10.8 Å². The van der Waals surface area contributed by atoms with E-state index in [-0.39, 0.29) is 10.8 Å². The molecule has 51 heavy (non-hydrogen) atoms. The first-order valence-corrected chi connectivity index (χ1v) is 17.8. The van der Waals surface area contributed by atoms with Gasteiger partial charge in [-0.1, -0.05) is 131 Å². The summed E-state index contributed by atoms with van der Waals surface area (Å²) < 4.78 is 6.31. The standard InChI is InChI=1S/C47H39N3O/c1-46(2)24-25-47(3,4)39-29-32(22-23-38(39)46)43-48-44(50-45(49-43)37-19-13-21-41-42(37)36-18-11-12-20-40(36)51-41)35-27-33(30-14-7-5-8-15-30)26-34(28-35)31-16-9-6-10-17-31/h5-23,26-29H,24-25H2,1-4H3. The molecule has 0 saturated heterocycles. The lowest BCUT2D eigenvalue weighted by Crippen LogP contribution is -2.33. The van der Waals surface area contributed by atoms with Crippen molar-refractivity contribution in [3.63, 3.8) is 0 Å². The summed E-state index contributed by atoms with van der Waals surface area (Å²) in [6.45, 7) is 9.44.